The van der Waals surface area contributed by atoms with Crippen LogP contribution in [-0.2, 0) is 19.1 Å². The molecule has 1 spiro atoms. The summed E-state index contributed by atoms with van der Waals surface area (Å²) in [6.07, 6.45) is 10.3. The zero-order chi connectivity index (χ0) is 20.6. The second kappa shape index (κ2) is 6.45. The normalized spacial score (nSPS) is 48.6. The SMILES string of the molecule is CC(=O)SC1CC(=O)C=C2CCC3C4CCC5(CCC(=O)O5)C4(C)CC[C@@H]3[C@@]21C. The average molecular weight is 417 g/mol. The topological polar surface area (TPSA) is 60.4 Å². The van der Waals surface area contributed by atoms with Crippen molar-refractivity contribution in [3.05, 3.63) is 11.6 Å². The van der Waals surface area contributed by atoms with Crippen LogP contribution in [0.1, 0.15) is 78.6 Å². The van der Waals surface area contributed by atoms with E-state index in [1.165, 1.54) is 17.3 Å². The third-order valence-corrected chi connectivity index (χ3v) is 10.9. The van der Waals surface area contributed by atoms with Crippen LogP contribution in [0, 0.1) is 28.6 Å². The van der Waals surface area contributed by atoms with Gasteiger partial charge in [0.2, 0.25) is 0 Å². The molecule has 0 aromatic heterocycles. The van der Waals surface area contributed by atoms with Crippen LogP contribution in [0.4, 0.5) is 0 Å². The van der Waals surface area contributed by atoms with Crippen LogP contribution in [0.5, 0.6) is 0 Å². The molecule has 0 aromatic rings. The van der Waals surface area contributed by atoms with Crippen molar-refractivity contribution in [1.29, 1.82) is 0 Å². The number of ketones is 1. The summed E-state index contributed by atoms with van der Waals surface area (Å²) >= 11 is 1.39. The van der Waals surface area contributed by atoms with Crippen LogP contribution in [0.25, 0.3) is 0 Å². The van der Waals surface area contributed by atoms with Crippen LogP contribution in [0.3, 0.4) is 0 Å². The highest BCUT2D eigenvalue weighted by molar-refractivity contribution is 8.14. The largest absolute Gasteiger partial charge is 0.458 e. The Hall–Kier alpha value is -1.10. The number of esters is 1. The molecule has 5 aliphatic rings. The molecule has 0 aromatic carbocycles. The fraction of sp³-hybridized carbons (Fsp3) is 0.792. The molecule has 5 heteroatoms. The van der Waals surface area contributed by atoms with E-state index in [0.29, 0.717) is 30.6 Å². The summed E-state index contributed by atoms with van der Waals surface area (Å²) in [4.78, 5) is 36.4. The van der Waals surface area contributed by atoms with Crippen LogP contribution in [0.15, 0.2) is 11.6 Å². The van der Waals surface area contributed by atoms with Crippen molar-refractivity contribution in [2.45, 2.75) is 89.4 Å². The Bertz CT molecular complexity index is 818. The lowest BCUT2D eigenvalue weighted by atomic mass is 9.46. The Morgan fingerprint density at radius 2 is 1.83 bits per heavy atom. The molecule has 0 bridgehead atoms. The molecule has 0 N–H and O–H groups in total. The molecule has 3 saturated carbocycles. The van der Waals surface area contributed by atoms with Crippen molar-refractivity contribution in [3.8, 4) is 0 Å². The molecule has 5 unspecified atom stereocenters. The van der Waals surface area contributed by atoms with Crippen molar-refractivity contribution < 1.29 is 19.1 Å². The van der Waals surface area contributed by atoms with E-state index in [1.54, 1.807) is 6.92 Å². The van der Waals surface area contributed by atoms with Gasteiger partial charge < -0.3 is 4.74 Å². The number of hydrogen-bond donors (Lipinski definition) is 0. The van der Waals surface area contributed by atoms with Crippen LogP contribution < -0.4 is 0 Å². The molecule has 4 fully saturated rings. The maximum atomic E-state index is 12.4. The third-order valence-electron chi connectivity index (χ3n) is 9.68. The van der Waals surface area contributed by atoms with Crippen molar-refractivity contribution in [2.75, 3.05) is 0 Å². The third kappa shape index (κ3) is 2.61. The molecule has 0 amide bonds. The second-order valence-corrected chi connectivity index (χ2v) is 12.0. The van der Waals surface area contributed by atoms with Gasteiger partial charge in [0.1, 0.15) is 5.60 Å². The van der Waals surface area contributed by atoms with Gasteiger partial charge in [0.05, 0.1) is 0 Å². The zero-order valence-electron chi connectivity index (χ0n) is 17.8. The number of allylic oxidation sites excluding steroid dienone is 1. The van der Waals surface area contributed by atoms with Crippen molar-refractivity contribution in [2.24, 2.45) is 28.6 Å². The van der Waals surface area contributed by atoms with E-state index in [1.807, 2.05) is 6.08 Å². The lowest BCUT2D eigenvalue weighted by Gasteiger charge is -2.60. The van der Waals surface area contributed by atoms with Gasteiger partial charge in [-0.25, -0.2) is 0 Å². The number of carbonyl (C=O) groups excluding carboxylic acids is 3. The van der Waals surface area contributed by atoms with E-state index in [-0.39, 0.29) is 38.5 Å². The summed E-state index contributed by atoms with van der Waals surface area (Å²) in [6, 6.07) is 0. The minimum Gasteiger partial charge on any atom is -0.458 e. The number of hydrogen-bond acceptors (Lipinski definition) is 5. The first-order valence-corrected chi connectivity index (χ1v) is 12.2. The zero-order valence-corrected chi connectivity index (χ0v) is 18.6. The molecular weight excluding hydrogens is 384 g/mol. The summed E-state index contributed by atoms with van der Waals surface area (Å²) in [5, 5.41) is 0.176. The lowest BCUT2D eigenvalue weighted by Crippen LogP contribution is -2.57. The number of ether oxygens (including phenoxy) is 1. The van der Waals surface area contributed by atoms with E-state index in [9.17, 15) is 14.4 Å². The Morgan fingerprint density at radius 3 is 2.52 bits per heavy atom. The first kappa shape index (κ1) is 19.8. The monoisotopic (exact) mass is 416 g/mol. The highest BCUT2D eigenvalue weighted by Gasteiger charge is 2.67. The van der Waals surface area contributed by atoms with E-state index in [4.69, 9.17) is 4.74 Å². The first-order chi connectivity index (χ1) is 13.7. The standard InChI is InChI=1S/C24H32O4S/c1-14(25)29-20-13-16(26)12-15-4-5-17-18-7-10-24(11-8-21(27)28-24)22(18,2)9-6-19(17)23(15,20)3/h12,17-20H,4-11,13H2,1-3H3/t17?,18?,19-,20?,22?,23+,24?/m0/s1. The Kier molecular flexibility index (Phi) is 4.41. The maximum Gasteiger partial charge on any atom is 0.306 e. The average Bonchev–Trinajstić information content (AvgIpc) is 3.17. The predicted octanol–water partition coefficient (Wildman–Crippen LogP) is 4.85. The molecule has 7 atom stereocenters. The van der Waals surface area contributed by atoms with Gasteiger partial charge in [0.15, 0.2) is 10.9 Å². The number of carbonyl (C=O) groups is 3. The van der Waals surface area contributed by atoms with Gasteiger partial charge >= 0.3 is 5.97 Å². The van der Waals surface area contributed by atoms with E-state index < -0.39 is 0 Å². The lowest BCUT2D eigenvalue weighted by molar-refractivity contribution is -0.167. The van der Waals surface area contributed by atoms with Gasteiger partial charge in [0, 0.05) is 35.8 Å². The molecule has 5 rings (SSSR count). The minimum atomic E-state index is -0.243. The van der Waals surface area contributed by atoms with E-state index in [2.05, 4.69) is 13.8 Å². The smallest absolute Gasteiger partial charge is 0.306 e. The van der Waals surface area contributed by atoms with Crippen LogP contribution in [0.2, 0.25) is 0 Å². The summed E-state index contributed by atoms with van der Waals surface area (Å²) < 4.78 is 6.04. The number of fused-ring (bicyclic) bond motifs is 6. The van der Waals surface area contributed by atoms with Gasteiger partial charge in [-0.15, -0.1) is 0 Å². The highest BCUT2D eigenvalue weighted by atomic mass is 32.2. The summed E-state index contributed by atoms with van der Waals surface area (Å²) in [5.74, 6) is 1.85. The van der Waals surface area contributed by atoms with Gasteiger partial charge in [-0.2, -0.15) is 0 Å². The van der Waals surface area contributed by atoms with Crippen molar-refractivity contribution in [3.63, 3.8) is 0 Å². The quantitative estimate of drug-likeness (QED) is 0.572. The molecular formula is C24H32O4S. The summed E-state index contributed by atoms with van der Waals surface area (Å²) in [5.41, 5.74) is 1.05. The van der Waals surface area contributed by atoms with Gasteiger partial charge in [-0.05, 0) is 68.8 Å². The molecule has 0 radical (unpaired) electrons. The maximum absolute atomic E-state index is 12.4. The molecule has 1 aliphatic heterocycles. The van der Waals surface area contributed by atoms with Gasteiger partial charge in [-0.1, -0.05) is 31.2 Å². The van der Waals surface area contributed by atoms with Crippen molar-refractivity contribution in [1.82, 2.24) is 0 Å². The number of thioether (sulfide) groups is 1. The summed E-state index contributed by atoms with van der Waals surface area (Å²) in [7, 11) is 0. The Morgan fingerprint density at radius 1 is 1.07 bits per heavy atom. The van der Waals surface area contributed by atoms with Crippen molar-refractivity contribution >= 4 is 28.6 Å². The second-order valence-electron chi connectivity index (χ2n) is 10.6. The van der Waals surface area contributed by atoms with E-state index >= 15 is 0 Å². The van der Waals surface area contributed by atoms with E-state index in [0.717, 1.165) is 44.9 Å². The highest BCUT2D eigenvalue weighted by Crippen LogP contribution is 2.70. The van der Waals surface area contributed by atoms with Crippen LogP contribution in [-0.4, -0.2) is 27.7 Å². The molecule has 29 heavy (non-hydrogen) atoms. The Labute approximate surface area is 177 Å². The fourth-order valence-electron chi connectivity index (χ4n) is 8.24. The minimum absolute atomic E-state index is 0.0152. The predicted molar refractivity (Wildman–Crippen MR) is 112 cm³/mol. The number of rotatable bonds is 1. The molecule has 158 valence electrons. The van der Waals surface area contributed by atoms with Gasteiger partial charge in [0.25, 0.3) is 0 Å². The Balaban J connectivity index is 1.50. The van der Waals surface area contributed by atoms with Crippen LogP contribution >= 0.6 is 11.8 Å². The fourth-order valence-corrected chi connectivity index (χ4v) is 9.46. The molecule has 4 nitrogen and oxygen atoms in total. The summed E-state index contributed by atoms with van der Waals surface area (Å²) in [6.45, 7) is 6.36. The molecule has 1 heterocycles. The molecule has 1 saturated heterocycles. The first-order valence-electron chi connectivity index (χ1n) is 11.3. The van der Waals surface area contributed by atoms with Gasteiger partial charge in [-0.3, -0.25) is 14.4 Å². The molecule has 4 aliphatic carbocycles.